The van der Waals surface area contributed by atoms with E-state index in [9.17, 15) is 0 Å². The van der Waals surface area contributed by atoms with Gasteiger partial charge in [-0.05, 0) is 67.8 Å². The van der Waals surface area contributed by atoms with Crippen molar-refractivity contribution in [2.75, 3.05) is 0 Å². The summed E-state index contributed by atoms with van der Waals surface area (Å²) in [6, 6.07) is 0. The molecular weight excluding hydrogens is 292 g/mol. The Labute approximate surface area is 152 Å². The summed E-state index contributed by atoms with van der Waals surface area (Å²) in [5, 5.41) is 0. The van der Waals surface area contributed by atoms with Gasteiger partial charge in [0, 0.05) is 5.41 Å². The Kier molecular flexibility index (Phi) is 7.04. The summed E-state index contributed by atoms with van der Waals surface area (Å²) in [6.45, 7) is 23.4. The van der Waals surface area contributed by atoms with E-state index in [2.05, 4.69) is 75.3 Å². The topological polar surface area (TPSA) is 9.23 Å². The molecule has 0 aromatic carbocycles. The fourth-order valence-corrected chi connectivity index (χ4v) is 4.44. The average Bonchev–Trinajstić information content (AvgIpc) is 2.42. The van der Waals surface area contributed by atoms with Crippen LogP contribution in [-0.4, -0.2) is 6.10 Å². The van der Waals surface area contributed by atoms with E-state index in [1.807, 2.05) is 0 Å². The Balaban J connectivity index is 2.80. The molecule has 0 radical (unpaired) electrons. The van der Waals surface area contributed by atoms with Gasteiger partial charge in [0.2, 0.25) is 0 Å². The lowest BCUT2D eigenvalue weighted by Crippen LogP contribution is -2.35. The lowest BCUT2D eigenvalue weighted by atomic mass is 9.67. The minimum absolute atomic E-state index is 0.119. The maximum atomic E-state index is 6.64. The molecule has 0 heterocycles. The van der Waals surface area contributed by atoms with E-state index in [1.54, 1.807) is 0 Å². The molecule has 0 aliphatic heterocycles. The van der Waals surface area contributed by atoms with Gasteiger partial charge in [0.15, 0.2) is 0 Å². The van der Waals surface area contributed by atoms with Crippen LogP contribution in [0.25, 0.3) is 0 Å². The van der Waals surface area contributed by atoms with E-state index in [-0.39, 0.29) is 5.41 Å². The molecule has 0 spiro atoms. The quantitative estimate of drug-likeness (QED) is 0.469. The van der Waals surface area contributed by atoms with Crippen LogP contribution in [0.4, 0.5) is 0 Å². The third kappa shape index (κ3) is 5.81. The van der Waals surface area contributed by atoms with Gasteiger partial charge < -0.3 is 4.74 Å². The average molecular weight is 337 g/mol. The van der Waals surface area contributed by atoms with Gasteiger partial charge in [0.05, 0.1) is 11.9 Å². The number of hydrogen-bond acceptors (Lipinski definition) is 1. The van der Waals surface area contributed by atoms with Crippen molar-refractivity contribution in [2.24, 2.45) is 28.1 Å². The molecule has 1 unspecified atom stereocenters. The minimum atomic E-state index is 0.119. The fraction of sp³-hybridized carbons (Fsp3) is 0.913. The van der Waals surface area contributed by atoms with Gasteiger partial charge in [-0.25, -0.2) is 0 Å². The van der Waals surface area contributed by atoms with Crippen molar-refractivity contribution < 1.29 is 4.74 Å². The molecule has 1 aliphatic carbocycles. The Morgan fingerprint density at radius 2 is 1.46 bits per heavy atom. The molecule has 0 aromatic heterocycles. The fourth-order valence-electron chi connectivity index (χ4n) is 4.44. The summed E-state index contributed by atoms with van der Waals surface area (Å²) < 4.78 is 6.64. The van der Waals surface area contributed by atoms with Crippen LogP contribution in [0.1, 0.15) is 101 Å². The highest BCUT2D eigenvalue weighted by Crippen LogP contribution is 2.47. The largest absolute Gasteiger partial charge is 0.495 e. The van der Waals surface area contributed by atoms with Gasteiger partial charge >= 0.3 is 0 Å². The molecule has 24 heavy (non-hydrogen) atoms. The number of ether oxygens (including phenoxy) is 1. The molecule has 1 nitrogen and oxygen atoms in total. The number of hydrogen-bond donors (Lipinski definition) is 0. The van der Waals surface area contributed by atoms with Crippen LogP contribution in [0.15, 0.2) is 11.8 Å². The maximum absolute atomic E-state index is 6.64. The monoisotopic (exact) mass is 336 g/mol. The number of allylic oxidation sites excluding steroid dienone is 2. The molecule has 1 rings (SSSR count). The first kappa shape index (κ1) is 21.6. The highest BCUT2D eigenvalue weighted by molar-refractivity contribution is 5.09. The molecule has 1 heteroatoms. The Bertz CT molecular complexity index is 410. The van der Waals surface area contributed by atoms with Crippen LogP contribution in [0.3, 0.4) is 0 Å². The van der Waals surface area contributed by atoms with Crippen LogP contribution >= 0.6 is 0 Å². The minimum Gasteiger partial charge on any atom is -0.495 e. The molecule has 0 bridgehead atoms. The van der Waals surface area contributed by atoms with E-state index in [4.69, 9.17) is 4.74 Å². The third-order valence-electron chi connectivity index (χ3n) is 6.19. The summed E-state index contributed by atoms with van der Waals surface area (Å²) in [5.74, 6) is 2.65. The van der Waals surface area contributed by atoms with E-state index in [0.29, 0.717) is 22.9 Å². The summed E-state index contributed by atoms with van der Waals surface area (Å²) in [5.41, 5.74) is 0.863. The van der Waals surface area contributed by atoms with Crippen molar-refractivity contribution in [1.82, 2.24) is 0 Å². The second kappa shape index (κ2) is 7.83. The van der Waals surface area contributed by atoms with Gasteiger partial charge in [-0.15, -0.1) is 0 Å². The van der Waals surface area contributed by atoms with E-state index in [0.717, 1.165) is 12.3 Å². The first-order valence-corrected chi connectivity index (χ1v) is 10.1. The van der Waals surface area contributed by atoms with Crippen molar-refractivity contribution in [3.8, 4) is 0 Å². The molecule has 1 fully saturated rings. The SMILES string of the molecule is CC=C(OC1CCC(C(C)(C)C)CC1)C(C)(CC(C)(C)C)C(C)C. The predicted molar refractivity (Wildman–Crippen MR) is 107 cm³/mol. The third-order valence-corrected chi connectivity index (χ3v) is 6.19. The van der Waals surface area contributed by atoms with Crippen molar-refractivity contribution in [3.05, 3.63) is 11.8 Å². The van der Waals surface area contributed by atoms with Gasteiger partial charge in [0.1, 0.15) is 0 Å². The van der Waals surface area contributed by atoms with Crippen molar-refractivity contribution in [2.45, 2.75) is 107 Å². The lowest BCUT2D eigenvalue weighted by Gasteiger charge is -2.43. The van der Waals surface area contributed by atoms with Gasteiger partial charge in [-0.1, -0.05) is 62.3 Å². The van der Waals surface area contributed by atoms with Crippen LogP contribution in [0, 0.1) is 28.1 Å². The van der Waals surface area contributed by atoms with Crippen LogP contribution < -0.4 is 0 Å². The summed E-state index contributed by atoms with van der Waals surface area (Å²) in [7, 11) is 0. The van der Waals surface area contributed by atoms with E-state index < -0.39 is 0 Å². The second-order valence-corrected chi connectivity index (χ2v) is 10.9. The van der Waals surface area contributed by atoms with E-state index in [1.165, 1.54) is 31.4 Å². The molecule has 142 valence electrons. The van der Waals surface area contributed by atoms with E-state index >= 15 is 0 Å². The molecular formula is C23H44O. The molecule has 1 saturated carbocycles. The molecule has 1 atom stereocenters. The second-order valence-electron chi connectivity index (χ2n) is 10.9. The first-order valence-electron chi connectivity index (χ1n) is 10.1. The molecule has 0 amide bonds. The lowest BCUT2D eigenvalue weighted by molar-refractivity contribution is -0.00515. The molecule has 0 aromatic rings. The highest BCUT2D eigenvalue weighted by Gasteiger charge is 2.39. The van der Waals surface area contributed by atoms with Crippen molar-refractivity contribution in [1.29, 1.82) is 0 Å². The van der Waals surface area contributed by atoms with Gasteiger partial charge in [0.25, 0.3) is 0 Å². The highest BCUT2D eigenvalue weighted by atomic mass is 16.5. The van der Waals surface area contributed by atoms with Crippen LogP contribution in [0.2, 0.25) is 0 Å². The number of rotatable bonds is 5. The zero-order valence-corrected chi connectivity index (χ0v) is 18.3. The Morgan fingerprint density at radius 3 is 1.79 bits per heavy atom. The zero-order chi connectivity index (χ0) is 18.8. The zero-order valence-electron chi connectivity index (χ0n) is 18.3. The Morgan fingerprint density at radius 1 is 0.958 bits per heavy atom. The normalized spacial score (nSPS) is 26.4. The Hall–Kier alpha value is -0.460. The van der Waals surface area contributed by atoms with Gasteiger partial charge in [-0.3, -0.25) is 0 Å². The summed E-state index contributed by atoms with van der Waals surface area (Å²) >= 11 is 0. The maximum Gasteiger partial charge on any atom is 0.0982 e. The summed E-state index contributed by atoms with van der Waals surface area (Å²) in [6.07, 6.45) is 8.85. The standard InChI is InChI=1S/C23H44O/c1-11-20(23(10,17(2)3)16-21(4,5)6)24-19-14-12-18(13-15-19)22(7,8)9/h11,17-19H,12-16H2,1-10H3. The molecule has 0 saturated heterocycles. The smallest absolute Gasteiger partial charge is 0.0982 e. The van der Waals surface area contributed by atoms with Gasteiger partial charge in [-0.2, -0.15) is 0 Å². The molecule has 1 aliphatic rings. The first-order chi connectivity index (χ1) is 10.8. The summed E-state index contributed by atoms with van der Waals surface area (Å²) in [4.78, 5) is 0. The van der Waals surface area contributed by atoms with Crippen molar-refractivity contribution in [3.63, 3.8) is 0 Å². The van der Waals surface area contributed by atoms with Crippen molar-refractivity contribution >= 4 is 0 Å². The van der Waals surface area contributed by atoms with Crippen LogP contribution in [-0.2, 0) is 4.74 Å². The van der Waals surface area contributed by atoms with Crippen LogP contribution in [0.5, 0.6) is 0 Å². The molecule has 0 N–H and O–H groups in total. The predicted octanol–water partition coefficient (Wildman–Crippen LogP) is 7.61.